The lowest BCUT2D eigenvalue weighted by Crippen LogP contribution is -2.20. The maximum atomic E-state index is 11.6. The van der Waals surface area contributed by atoms with Crippen LogP contribution in [-0.4, -0.2) is 24.6 Å². The molecule has 0 saturated heterocycles. The summed E-state index contributed by atoms with van der Waals surface area (Å²) in [7, 11) is 1.08. The first-order valence-corrected chi connectivity index (χ1v) is 3.56. The SMILES string of the molecule is [2H]C([2H])([2H])C(=O)C(CCC(=O)OC)C(=O)C([2H])([2H])[2H]. The first-order valence-electron chi connectivity index (χ1n) is 6.56. The third-order valence-corrected chi connectivity index (χ3v) is 1.50. The van der Waals surface area contributed by atoms with Crippen molar-refractivity contribution in [3.8, 4) is 0 Å². The Labute approximate surface area is 85.7 Å². The van der Waals surface area contributed by atoms with Gasteiger partial charge in [0.15, 0.2) is 0 Å². The summed E-state index contributed by atoms with van der Waals surface area (Å²) in [5.74, 6) is -5.57. The van der Waals surface area contributed by atoms with E-state index in [-0.39, 0.29) is 0 Å². The Bertz CT molecular complexity index is 344. The van der Waals surface area contributed by atoms with E-state index in [0.717, 1.165) is 7.11 Å². The van der Waals surface area contributed by atoms with Gasteiger partial charge in [0.2, 0.25) is 0 Å². The number of carbonyl (C=O) groups excluding carboxylic acids is 3. The maximum absolute atomic E-state index is 11.6. The normalized spacial score (nSPS) is 18.6. The van der Waals surface area contributed by atoms with Crippen molar-refractivity contribution >= 4 is 17.5 Å². The summed E-state index contributed by atoms with van der Waals surface area (Å²) in [4.78, 5) is 34.1. The topological polar surface area (TPSA) is 60.4 Å². The van der Waals surface area contributed by atoms with Gasteiger partial charge in [0.05, 0.1) is 13.0 Å². The molecule has 0 unspecified atom stereocenters. The minimum Gasteiger partial charge on any atom is -0.469 e. The number of esters is 1. The lowest BCUT2D eigenvalue weighted by Gasteiger charge is -2.08. The molecule has 74 valence electrons. The Morgan fingerprint density at radius 2 is 1.85 bits per heavy atom. The summed E-state index contributed by atoms with van der Waals surface area (Å²) in [5, 5.41) is 0. The van der Waals surface area contributed by atoms with Crippen molar-refractivity contribution in [3.63, 3.8) is 0 Å². The van der Waals surface area contributed by atoms with E-state index in [1.807, 2.05) is 0 Å². The molecule has 0 aromatic rings. The van der Waals surface area contributed by atoms with E-state index in [9.17, 15) is 14.4 Å². The van der Waals surface area contributed by atoms with Crippen molar-refractivity contribution in [3.05, 3.63) is 0 Å². The summed E-state index contributed by atoms with van der Waals surface area (Å²) in [6.45, 7) is -6.19. The molecule has 0 aliphatic rings. The van der Waals surface area contributed by atoms with Crippen LogP contribution in [0.2, 0.25) is 0 Å². The van der Waals surface area contributed by atoms with Gasteiger partial charge in [-0.05, 0) is 20.1 Å². The number of Topliss-reactive ketones (excluding diaryl/α,β-unsaturated/α-hetero) is 2. The van der Waals surface area contributed by atoms with Crippen molar-refractivity contribution in [1.82, 2.24) is 0 Å². The molecule has 0 spiro atoms. The highest BCUT2D eigenvalue weighted by molar-refractivity contribution is 6.00. The molecule has 0 aromatic carbocycles. The highest BCUT2D eigenvalue weighted by Crippen LogP contribution is 2.09. The van der Waals surface area contributed by atoms with Gasteiger partial charge >= 0.3 is 5.97 Å². The van der Waals surface area contributed by atoms with Crippen LogP contribution in [0, 0.1) is 5.92 Å². The Kier molecular flexibility index (Phi) is 2.05. The Hall–Kier alpha value is -1.19. The van der Waals surface area contributed by atoms with Crippen molar-refractivity contribution in [2.75, 3.05) is 7.11 Å². The van der Waals surface area contributed by atoms with E-state index in [1.165, 1.54) is 0 Å². The number of hydrogen-bond acceptors (Lipinski definition) is 4. The van der Waals surface area contributed by atoms with Crippen LogP contribution >= 0.6 is 0 Å². The molecule has 0 N–H and O–H groups in total. The minimum absolute atomic E-state index is 0.412. The Morgan fingerprint density at radius 1 is 1.31 bits per heavy atom. The monoisotopic (exact) mass is 192 g/mol. The zero-order valence-electron chi connectivity index (χ0n) is 13.1. The van der Waals surface area contributed by atoms with Gasteiger partial charge in [-0.2, -0.15) is 0 Å². The molecular formula is C9H14O4. The van der Waals surface area contributed by atoms with Gasteiger partial charge in [-0.25, -0.2) is 0 Å². The number of methoxy groups -OCH3 is 1. The van der Waals surface area contributed by atoms with Crippen LogP contribution in [0.4, 0.5) is 0 Å². The summed E-state index contributed by atoms with van der Waals surface area (Å²) in [6, 6.07) is 0. The van der Waals surface area contributed by atoms with Crippen molar-refractivity contribution in [2.24, 2.45) is 5.92 Å². The van der Waals surface area contributed by atoms with Crippen LogP contribution in [0.5, 0.6) is 0 Å². The Balaban J connectivity index is 5.11. The first kappa shape index (κ1) is 4.88. The van der Waals surface area contributed by atoms with Gasteiger partial charge < -0.3 is 4.74 Å². The molecule has 0 amide bonds. The van der Waals surface area contributed by atoms with Crippen LogP contribution in [0.3, 0.4) is 0 Å². The molecule has 0 saturated carbocycles. The van der Waals surface area contributed by atoms with Gasteiger partial charge in [-0.15, -0.1) is 0 Å². The van der Waals surface area contributed by atoms with Crippen LogP contribution in [0.25, 0.3) is 0 Å². The standard InChI is InChI=1S/C9H14O4/c1-6(10)8(7(2)11)4-5-9(12)13-3/h8H,4-5H2,1-3H3/i1D3,2D3. The lowest BCUT2D eigenvalue weighted by molar-refractivity contribution is -0.141. The number of ether oxygens (including phenoxy) is 1. The zero-order valence-corrected chi connectivity index (χ0v) is 7.12. The van der Waals surface area contributed by atoms with Crippen molar-refractivity contribution in [1.29, 1.82) is 0 Å². The molecule has 4 nitrogen and oxygen atoms in total. The number of carbonyl (C=O) groups is 3. The third kappa shape index (κ3) is 4.40. The van der Waals surface area contributed by atoms with Gasteiger partial charge in [-0.3, -0.25) is 14.4 Å². The summed E-state index contributed by atoms with van der Waals surface area (Å²) in [6.07, 6.45) is -0.911. The van der Waals surface area contributed by atoms with E-state index in [1.54, 1.807) is 0 Å². The highest BCUT2D eigenvalue weighted by atomic mass is 16.5. The molecule has 0 aliphatic carbocycles. The van der Waals surface area contributed by atoms with Gasteiger partial charge in [0, 0.05) is 14.6 Å². The molecule has 13 heavy (non-hydrogen) atoms. The largest absolute Gasteiger partial charge is 0.469 e. The fraction of sp³-hybridized carbons (Fsp3) is 0.667. The second kappa shape index (κ2) is 5.45. The van der Waals surface area contributed by atoms with Crippen LogP contribution in [0.15, 0.2) is 0 Å². The van der Waals surface area contributed by atoms with Crippen molar-refractivity contribution < 1.29 is 27.3 Å². The predicted octanol–water partition coefficient (Wildman–Crippen LogP) is 0.734. The summed E-state index contributed by atoms with van der Waals surface area (Å²) >= 11 is 0. The average molecular weight is 192 g/mol. The number of ketones is 2. The maximum Gasteiger partial charge on any atom is 0.305 e. The van der Waals surface area contributed by atoms with E-state index in [4.69, 9.17) is 8.22 Å². The van der Waals surface area contributed by atoms with E-state index in [2.05, 4.69) is 4.74 Å². The lowest BCUT2D eigenvalue weighted by atomic mass is 9.95. The molecule has 0 fully saturated rings. The average Bonchev–Trinajstić information content (AvgIpc) is 2.25. The highest BCUT2D eigenvalue weighted by Gasteiger charge is 2.20. The van der Waals surface area contributed by atoms with E-state index >= 15 is 0 Å². The van der Waals surface area contributed by atoms with E-state index < -0.39 is 50.0 Å². The molecule has 0 bridgehead atoms. The molecule has 0 aliphatic heterocycles. The zero-order chi connectivity index (χ0) is 15.4. The molecule has 0 atom stereocenters. The fourth-order valence-corrected chi connectivity index (χ4v) is 0.746. The number of rotatable bonds is 5. The van der Waals surface area contributed by atoms with Crippen molar-refractivity contribution in [2.45, 2.75) is 26.5 Å². The quantitative estimate of drug-likeness (QED) is 0.476. The second-order valence-electron chi connectivity index (χ2n) is 2.40. The molecular weight excluding hydrogens is 172 g/mol. The summed E-state index contributed by atoms with van der Waals surface area (Å²) in [5.41, 5.74) is 0. The van der Waals surface area contributed by atoms with Crippen LogP contribution in [-0.2, 0) is 19.1 Å². The van der Waals surface area contributed by atoms with Gasteiger partial charge in [0.25, 0.3) is 0 Å². The molecule has 0 aromatic heterocycles. The number of hydrogen-bond donors (Lipinski definition) is 0. The smallest absolute Gasteiger partial charge is 0.305 e. The molecule has 0 radical (unpaired) electrons. The Morgan fingerprint density at radius 3 is 2.23 bits per heavy atom. The molecule has 0 heterocycles. The van der Waals surface area contributed by atoms with Crippen LogP contribution < -0.4 is 0 Å². The second-order valence-corrected chi connectivity index (χ2v) is 2.40. The van der Waals surface area contributed by atoms with E-state index in [0.29, 0.717) is 0 Å². The minimum atomic E-state index is -3.10. The first-order chi connectivity index (χ1) is 8.41. The van der Waals surface area contributed by atoms with Crippen LogP contribution in [0.1, 0.15) is 34.8 Å². The predicted molar refractivity (Wildman–Crippen MR) is 46.1 cm³/mol. The fourth-order valence-electron chi connectivity index (χ4n) is 0.746. The van der Waals surface area contributed by atoms with Gasteiger partial charge in [-0.1, -0.05) is 0 Å². The molecule has 4 heteroatoms. The van der Waals surface area contributed by atoms with Gasteiger partial charge in [0.1, 0.15) is 11.6 Å². The summed E-state index contributed by atoms with van der Waals surface area (Å²) < 4.78 is 45.9. The third-order valence-electron chi connectivity index (χ3n) is 1.50. The molecule has 0 rings (SSSR count).